The van der Waals surface area contributed by atoms with Crippen molar-refractivity contribution in [3.63, 3.8) is 0 Å². The summed E-state index contributed by atoms with van der Waals surface area (Å²) in [6.07, 6.45) is 9.93. The smallest absolute Gasteiger partial charge is 0.339 e. The van der Waals surface area contributed by atoms with Crippen molar-refractivity contribution >= 4 is 22.7 Å². The van der Waals surface area contributed by atoms with Crippen LogP contribution in [-0.4, -0.2) is 44.0 Å². The number of aromatic carboxylic acids is 1. The van der Waals surface area contributed by atoms with Crippen LogP contribution in [0.25, 0.3) is 22.2 Å². The van der Waals surface area contributed by atoms with E-state index < -0.39 is 5.97 Å². The minimum absolute atomic E-state index is 0.153. The maximum Gasteiger partial charge on any atom is 0.339 e. The first-order valence-corrected chi connectivity index (χ1v) is 13.6. The molecule has 2 unspecified atom stereocenters. The summed E-state index contributed by atoms with van der Waals surface area (Å²) in [5, 5.41) is 15.1. The summed E-state index contributed by atoms with van der Waals surface area (Å²) in [6.45, 7) is 2.62. The SMILES string of the molecule is Cc1ccccc1-c1noc(C2CC2)c1COC1CC2CC[C@@H](C1)N2c1ncc(C(=O)O)c2c1ccn2C. The fourth-order valence-corrected chi connectivity index (χ4v) is 6.65. The Morgan fingerprint density at radius 1 is 1.13 bits per heavy atom. The number of carboxylic acid groups (broad SMARTS) is 1. The first kappa shape index (κ1) is 23.5. The number of ether oxygens (including phenoxy) is 1. The van der Waals surface area contributed by atoms with Gasteiger partial charge in [-0.25, -0.2) is 9.78 Å². The quantitative estimate of drug-likeness (QED) is 0.333. The van der Waals surface area contributed by atoms with Crippen LogP contribution in [0, 0.1) is 6.92 Å². The minimum atomic E-state index is -0.949. The highest BCUT2D eigenvalue weighted by Crippen LogP contribution is 2.46. The Balaban J connectivity index is 1.13. The monoisotopic (exact) mass is 512 g/mol. The summed E-state index contributed by atoms with van der Waals surface area (Å²) in [5.74, 6) is 1.41. The number of anilines is 1. The Hall–Kier alpha value is -3.65. The second kappa shape index (κ2) is 8.98. The van der Waals surface area contributed by atoms with Gasteiger partial charge < -0.3 is 23.8 Å². The van der Waals surface area contributed by atoms with Crippen molar-refractivity contribution in [3.05, 3.63) is 65.2 Å². The highest BCUT2D eigenvalue weighted by molar-refractivity contribution is 6.05. The summed E-state index contributed by atoms with van der Waals surface area (Å²) in [5.41, 5.74) is 5.28. The van der Waals surface area contributed by atoms with Crippen molar-refractivity contribution < 1.29 is 19.2 Å². The Labute approximate surface area is 221 Å². The van der Waals surface area contributed by atoms with E-state index in [2.05, 4.69) is 34.1 Å². The van der Waals surface area contributed by atoms with Gasteiger partial charge in [0.05, 0.1) is 18.2 Å². The summed E-state index contributed by atoms with van der Waals surface area (Å²) in [6, 6.07) is 11.0. The highest BCUT2D eigenvalue weighted by Gasteiger charge is 2.43. The van der Waals surface area contributed by atoms with E-state index in [1.807, 2.05) is 36.0 Å². The number of nitrogens with zero attached hydrogens (tertiary/aromatic N) is 4. The van der Waals surface area contributed by atoms with Crippen molar-refractivity contribution in [3.8, 4) is 11.3 Å². The molecule has 3 aromatic heterocycles. The molecule has 2 aliphatic heterocycles. The molecule has 1 N–H and O–H groups in total. The molecule has 0 radical (unpaired) electrons. The van der Waals surface area contributed by atoms with Crippen molar-refractivity contribution in [2.45, 2.75) is 76.2 Å². The molecule has 196 valence electrons. The zero-order valence-corrected chi connectivity index (χ0v) is 21.8. The molecule has 0 spiro atoms. The number of fused-ring (bicyclic) bond motifs is 3. The number of carbonyl (C=O) groups is 1. The van der Waals surface area contributed by atoms with Crippen LogP contribution < -0.4 is 4.90 Å². The Morgan fingerprint density at radius 3 is 2.61 bits per heavy atom. The molecular formula is C30H32N4O4. The molecule has 3 atom stereocenters. The lowest BCUT2D eigenvalue weighted by atomic mass is 9.98. The molecule has 1 saturated carbocycles. The van der Waals surface area contributed by atoms with Gasteiger partial charge in [0.1, 0.15) is 22.8 Å². The lowest BCUT2D eigenvalue weighted by Gasteiger charge is -2.40. The molecule has 3 fully saturated rings. The number of piperidine rings is 1. The summed E-state index contributed by atoms with van der Waals surface area (Å²) >= 11 is 0. The van der Waals surface area contributed by atoms with Gasteiger partial charge in [0, 0.05) is 54.0 Å². The minimum Gasteiger partial charge on any atom is -0.478 e. The second-order valence-electron chi connectivity index (χ2n) is 11.1. The van der Waals surface area contributed by atoms with Crippen LogP contribution in [0.1, 0.15) is 71.7 Å². The van der Waals surface area contributed by atoms with Gasteiger partial charge in [-0.3, -0.25) is 0 Å². The van der Waals surface area contributed by atoms with E-state index in [4.69, 9.17) is 9.26 Å². The van der Waals surface area contributed by atoms with Gasteiger partial charge in [0.25, 0.3) is 0 Å². The van der Waals surface area contributed by atoms with Crippen molar-refractivity contribution in [2.75, 3.05) is 4.90 Å². The Kier molecular flexibility index (Phi) is 5.54. The molecule has 3 aliphatic rings. The van der Waals surface area contributed by atoms with E-state index in [0.717, 1.165) is 77.8 Å². The molecule has 8 nitrogen and oxygen atoms in total. The summed E-state index contributed by atoms with van der Waals surface area (Å²) in [7, 11) is 1.89. The molecule has 5 heterocycles. The summed E-state index contributed by atoms with van der Waals surface area (Å²) < 4.78 is 14.4. The van der Waals surface area contributed by atoms with Crippen LogP contribution in [-0.2, 0) is 18.4 Å². The van der Waals surface area contributed by atoms with Crippen LogP contribution in [0.5, 0.6) is 0 Å². The van der Waals surface area contributed by atoms with E-state index in [1.54, 1.807) is 0 Å². The van der Waals surface area contributed by atoms with E-state index in [0.29, 0.717) is 24.6 Å². The zero-order chi connectivity index (χ0) is 26.0. The Morgan fingerprint density at radius 2 is 1.89 bits per heavy atom. The average molecular weight is 513 g/mol. The molecule has 2 bridgehead atoms. The standard InChI is InChI=1S/C30H32N4O4/c1-17-5-3-4-6-22(17)26-25(28(38-32-26)18-7-8-18)16-37-21-13-19-9-10-20(14-21)34(19)29-23-11-12-33(2)27(23)24(15-31-29)30(35)36/h3-6,11-12,15,18-21H,7-10,13-14,16H2,1-2H3,(H,35,36)/t19-,20?,21?/m0/s1. The molecule has 0 amide bonds. The largest absolute Gasteiger partial charge is 0.478 e. The first-order chi connectivity index (χ1) is 18.5. The molecular weight excluding hydrogens is 480 g/mol. The number of rotatable bonds is 7. The Bertz CT molecular complexity index is 1520. The lowest BCUT2D eigenvalue weighted by Crippen LogP contribution is -2.46. The number of benzene rings is 1. The lowest BCUT2D eigenvalue weighted by molar-refractivity contribution is 0.0146. The van der Waals surface area contributed by atoms with Crippen molar-refractivity contribution in [1.82, 2.24) is 14.7 Å². The predicted octanol–water partition coefficient (Wildman–Crippen LogP) is 5.83. The van der Waals surface area contributed by atoms with Crippen LogP contribution in [0.3, 0.4) is 0 Å². The number of aromatic nitrogens is 3. The predicted molar refractivity (Wildman–Crippen MR) is 143 cm³/mol. The van der Waals surface area contributed by atoms with E-state index in [1.165, 1.54) is 11.8 Å². The number of aryl methyl sites for hydroxylation is 2. The van der Waals surface area contributed by atoms with Gasteiger partial charge in [0.2, 0.25) is 0 Å². The molecule has 1 aromatic carbocycles. The van der Waals surface area contributed by atoms with Crippen molar-refractivity contribution in [1.29, 1.82) is 0 Å². The number of carboxylic acids is 1. The van der Waals surface area contributed by atoms with Gasteiger partial charge in [-0.05, 0) is 57.1 Å². The topological polar surface area (TPSA) is 93.6 Å². The number of pyridine rings is 1. The van der Waals surface area contributed by atoms with Crippen LogP contribution in [0.15, 0.2) is 47.2 Å². The normalized spacial score (nSPS) is 22.9. The van der Waals surface area contributed by atoms with Crippen LogP contribution in [0.4, 0.5) is 5.82 Å². The highest BCUT2D eigenvalue weighted by atomic mass is 16.5. The first-order valence-electron chi connectivity index (χ1n) is 13.6. The van der Waals surface area contributed by atoms with Gasteiger partial charge >= 0.3 is 5.97 Å². The third kappa shape index (κ3) is 3.81. The van der Waals surface area contributed by atoms with Gasteiger partial charge in [-0.15, -0.1) is 0 Å². The number of hydrogen-bond acceptors (Lipinski definition) is 6. The van der Waals surface area contributed by atoms with E-state index in [9.17, 15) is 9.90 Å². The van der Waals surface area contributed by atoms with Crippen LogP contribution >= 0.6 is 0 Å². The third-order valence-corrected chi connectivity index (χ3v) is 8.68. The molecule has 1 aliphatic carbocycles. The third-order valence-electron chi connectivity index (χ3n) is 8.68. The fraction of sp³-hybridized carbons (Fsp3) is 0.433. The van der Waals surface area contributed by atoms with Crippen molar-refractivity contribution in [2.24, 2.45) is 7.05 Å². The van der Waals surface area contributed by atoms with Crippen LogP contribution in [0.2, 0.25) is 0 Å². The van der Waals surface area contributed by atoms with Gasteiger partial charge in [-0.2, -0.15) is 0 Å². The van der Waals surface area contributed by atoms with Gasteiger partial charge in [0.15, 0.2) is 0 Å². The fourth-order valence-electron chi connectivity index (χ4n) is 6.65. The van der Waals surface area contributed by atoms with E-state index in [-0.39, 0.29) is 11.7 Å². The molecule has 2 saturated heterocycles. The molecule has 8 heteroatoms. The maximum absolute atomic E-state index is 11.8. The molecule has 38 heavy (non-hydrogen) atoms. The van der Waals surface area contributed by atoms with Gasteiger partial charge in [-0.1, -0.05) is 29.4 Å². The van der Waals surface area contributed by atoms with E-state index >= 15 is 0 Å². The average Bonchev–Trinajstić information content (AvgIpc) is 3.47. The number of hydrogen-bond donors (Lipinski definition) is 1. The molecule has 7 rings (SSSR count). The molecule has 4 aromatic rings. The summed E-state index contributed by atoms with van der Waals surface area (Å²) in [4.78, 5) is 18.9. The maximum atomic E-state index is 11.8. The second-order valence-corrected chi connectivity index (χ2v) is 11.1. The zero-order valence-electron chi connectivity index (χ0n) is 21.8.